The van der Waals surface area contributed by atoms with Crippen LogP contribution < -0.4 is 0 Å². The molecule has 1 aliphatic rings. The van der Waals surface area contributed by atoms with Crippen LogP contribution in [0.1, 0.15) is 18.1 Å². The molecule has 1 heterocycles. The van der Waals surface area contributed by atoms with Crippen LogP contribution in [-0.4, -0.2) is 11.8 Å². The molecule has 1 aliphatic heterocycles. The molecule has 3 nitrogen and oxygen atoms in total. The first kappa shape index (κ1) is 9.65. The van der Waals surface area contributed by atoms with Gasteiger partial charge in [0.25, 0.3) is 5.78 Å². The number of carbonyl (C=O) groups is 2. The van der Waals surface area contributed by atoms with Crippen LogP contribution in [0.3, 0.4) is 0 Å². The third-order valence-corrected chi connectivity index (χ3v) is 2.35. The van der Waals surface area contributed by atoms with Crippen molar-refractivity contribution >= 4 is 17.3 Å². The van der Waals surface area contributed by atoms with Crippen molar-refractivity contribution in [2.24, 2.45) is 0 Å². The van der Waals surface area contributed by atoms with E-state index in [1.54, 1.807) is 6.92 Å². The Bertz CT molecular complexity index is 466. The zero-order valence-electron chi connectivity index (χ0n) is 8.53. The maximum Gasteiger partial charge on any atom is 0.384 e. The molecule has 15 heavy (non-hydrogen) atoms. The van der Waals surface area contributed by atoms with E-state index in [0.717, 1.165) is 11.1 Å². The van der Waals surface area contributed by atoms with Crippen molar-refractivity contribution in [3.8, 4) is 0 Å². The highest BCUT2D eigenvalue weighted by Crippen LogP contribution is 2.26. The van der Waals surface area contributed by atoms with Crippen LogP contribution in [0.5, 0.6) is 0 Å². The molecule has 0 amide bonds. The maximum atomic E-state index is 11.5. The molecule has 0 bridgehead atoms. The van der Waals surface area contributed by atoms with Gasteiger partial charge in [0.2, 0.25) is 0 Å². The number of aryl methyl sites for hydroxylation is 1. The Morgan fingerprint density at radius 3 is 2.07 bits per heavy atom. The fourth-order valence-corrected chi connectivity index (χ4v) is 1.55. The number of cyclic esters (lactones) is 1. The molecule has 2 rings (SSSR count). The smallest absolute Gasteiger partial charge is 0.384 e. The summed E-state index contributed by atoms with van der Waals surface area (Å²) in [4.78, 5) is 22.5. The molecule has 0 aliphatic carbocycles. The van der Waals surface area contributed by atoms with Crippen molar-refractivity contribution in [1.82, 2.24) is 0 Å². The van der Waals surface area contributed by atoms with Gasteiger partial charge in [-0.15, -0.1) is 0 Å². The first-order valence-corrected chi connectivity index (χ1v) is 4.64. The van der Waals surface area contributed by atoms with Crippen molar-refractivity contribution in [1.29, 1.82) is 0 Å². The lowest BCUT2D eigenvalue weighted by atomic mass is 10.0. The molecular weight excluding hydrogens is 192 g/mol. The summed E-state index contributed by atoms with van der Waals surface area (Å²) in [5.41, 5.74) is 2.21. The predicted octanol–water partition coefficient (Wildman–Crippen LogP) is 1.85. The number of Topliss-reactive ketones (excluding diaryl/α,β-unsaturated/α-hetero) is 1. The van der Waals surface area contributed by atoms with E-state index in [-0.39, 0.29) is 0 Å². The molecule has 0 unspecified atom stereocenters. The highest BCUT2D eigenvalue weighted by Gasteiger charge is 2.32. The Balaban J connectivity index is 2.48. The molecule has 0 N–H and O–H groups in total. The molecular formula is C12H10O3. The van der Waals surface area contributed by atoms with Crippen LogP contribution in [0, 0.1) is 6.92 Å². The normalized spacial score (nSPS) is 15.9. The molecule has 1 aromatic rings. The van der Waals surface area contributed by atoms with Gasteiger partial charge in [-0.3, -0.25) is 4.79 Å². The number of carbonyl (C=O) groups excluding carboxylic acids is 2. The summed E-state index contributed by atoms with van der Waals surface area (Å²) in [7, 11) is 0. The highest BCUT2D eigenvalue weighted by molar-refractivity contribution is 6.54. The summed E-state index contributed by atoms with van der Waals surface area (Å²) in [6, 6.07) is 7.42. The lowest BCUT2D eigenvalue weighted by Gasteiger charge is -2.00. The average molecular weight is 202 g/mol. The van der Waals surface area contributed by atoms with Gasteiger partial charge < -0.3 is 4.74 Å². The topological polar surface area (TPSA) is 43.4 Å². The number of allylic oxidation sites excluding steroid dienone is 1. The molecule has 0 aromatic heterocycles. The zero-order chi connectivity index (χ0) is 11.0. The summed E-state index contributed by atoms with van der Waals surface area (Å²) in [6.07, 6.45) is 0. The summed E-state index contributed by atoms with van der Waals surface area (Å²) >= 11 is 0. The van der Waals surface area contributed by atoms with Crippen molar-refractivity contribution in [2.75, 3.05) is 0 Å². The average Bonchev–Trinajstić information content (AvgIpc) is 2.44. The van der Waals surface area contributed by atoms with Crippen LogP contribution in [0.2, 0.25) is 0 Å². The molecule has 0 spiro atoms. The highest BCUT2D eigenvalue weighted by atomic mass is 16.5. The van der Waals surface area contributed by atoms with E-state index in [1.807, 2.05) is 31.2 Å². The van der Waals surface area contributed by atoms with E-state index in [2.05, 4.69) is 0 Å². The molecule has 0 saturated carbocycles. The maximum absolute atomic E-state index is 11.5. The van der Waals surface area contributed by atoms with Gasteiger partial charge in [-0.1, -0.05) is 29.8 Å². The first-order chi connectivity index (χ1) is 7.09. The van der Waals surface area contributed by atoms with Crippen molar-refractivity contribution in [3.05, 3.63) is 41.2 Å². The van der Waals surface area contributed by atoms with Crippen molar-refractivity contribution < 1.29 is 14.3 Å². The molecule has 0 atom stereocenters. The lowest BCUT2D eigenvalue weighted by Crippen LogP contribution is -2.09. The van der Waals surface area contributed by atoms with E-state index < -0.39 is 11.8 Å². The molecule has 0 radical (unpaired) electrons. The summed E-state index contributed by atoms with van der Waals surface area (Å²) in [6.45, 7) is 3.58. The Hall–Kier alpha value is -1.90. The quantitative estimate of drug-likeness (QED) is 0.515. The second-order valence-corrected chi connectivity index (χ2v) is 3.52. The Kier molecular flexibility index (Phi) is 2.15. The zero-order valence-corrected chi connectivity index (χ0v) is 8.53. The fourth-order valence-electron chi connectivity index (χ4n) is 1.55. The first-order valence-electron chi connectivity index (χ1n) is 4.64. The third kappa shape index (κ3) is 1.56. The van der Waals surface area contributed by atoms with E-state index in [1.165, 1.54) is 0 Å². The van der Waals surface area contributed by atoms with Crippen LogP contribution in [0.15, 0.2) is 30.0 Å². The van der Waals surface area contributed by atoms with Gasteiger partial charge in [-0.25, -0.2) is 4.79 Å². The van der Waals surface area contributed by atoms with E-state index in [0.29, 0.717) is 11.3 Å². The molecule has 0 saturated heterocycles. The summed E-state index contributed by atoms with van der Waals surface area (Å²) in [5.74, 6) is -0.965. The summed E-state index contributed by atoms with van der Waals surface area (Å²) in [5, 5.41) is 0. The Morgan fingerprint density at radius 1 is 1.00 bits per heavy atom. The third-order valence-electron chi connectivity index (χ3n) is 2.35. The van der Waals surface area contributed by atoms with Gasteiger partial charge in [0.1, 0.15) is 5.76 Å². The van der Waals surface area contributed by atoms with Crippen molar-refractivity contribution in [3.63, 3.8) is 0 Å². The van der Waals surface area contributed by atoms with Crippen LogP contribution in [0.4, 0.5) is 0 Å². The monoisotopic (exact) mass is 202 g/mol. The minimum atomic E-state index is -0.789. The Morgan fingerprint density at radius 2 is 1.60 bits per heavy atom. The molecule has 3 heteroatoms. The van der Waals surface area contributed by atoms with Gasteiger partial charge in [0.15, 0.2) is 0 Å². The molecule has 0 fully saturated rings. The minimum Gasteiger partial charge on any atom is -0.425 e. The predicted molar refractivity (Wildman–Crippen MR) is 54.9 cm³/mol. The minimum absolute atomic E-state index is 0.375. The van der Waals surface area contributed by atoms with E-state index in [9.17, 15) is 9.59 Å². The van der Waals surface area contributed by atoms with E-state index >= 15 is 0 Å². The Labute approximate surface area is 87.4 Å². The number of ether oxygens (including phenoxy) is 1. The van der Waals surface area contributed by atoms with Crippen LogP contribution >= 0.6 is 0 Å². The number of esters is 1. The second kappa shape index (κ2) is 3.35. The number of benzene rings is 1. The number of rotatable bonds is 1. The van der Waals surface area contributed by atoms with Gasteiger partial charge in [0.05, 0.1) is 5.57 Å². The summed E-state index contributed by atoms with van der Waals surface area (Å²) < 4.78 is 4.76. The number of ketones is 1. The largest absolute Gasteiger partial charge is 0.425 e. The van der Waals surface area contributed by atoms with E-state index in [4.69, 9.17) is 4.74 Å². The fraction of sp³-hybridized carbons (Fsp3) is 0.167. The van der Waals surface area contributed by atoms with Gasteiger partial charge in [-0.05, 0) is 19.4 Å². The number of hydrogen-bond donors (Lipinski definition) is 0. The van der Waals surface area contributed by atoms with Gasteiger partial charge >= 0.3 is 5.97 Å². The SMILES string of the molecule is CC1=C(c2ccc(C)cc2)C(=O)C(=O)O1. The van der Waals surface area contributed by atoms with Crippen LogP contribution in [-0.2, 0) is 14.3 Å². The van der Waals surface area contributed by atoms with Gasteiger partial charge in [-0.2, -0.15) is 0 Å². The lowest BCUT2D eigenvalue weighted by molar-refractivity contribution is -0.145. The number of hydrogen-bond acceptors (Lipinski definition) is 3. The van der Waals surface area contributed by atoms with Gasteiger partial charge in [0, 0.05) is 0 Å². The molecule has 1 aromatic carbocycles. The van der Waals surface area contributed by atoms with Crippen molar-refractivity contribution in [2.45, 2.75) is 13.8 Å². The molecule has 76 valence electrons. The standard InChI is InChI=1S/C12H10O3/c1-7-3-5-9(6-4-7)10-8(2)15-12(14)11(10)13/h3-6H,1-2H3. The second-order valence-electron chi connectivity index (χ2n) is 3.52. The van der Waals surface area contributed by atoms with Crippen LogP contribution in [0.25, 0.3) is 5.57 Å².